The number of nitrogens with two attached hydrogens (primary N) is 1. The van der Waals surface area contributed by atoms with Crippen molar-refractivity contribution < 1.29 is 9.53 Å². The van der Waals surface area contributed by atoms with E-state index in [-0.39, 0.29) is 36.4 Å². The van der Waals surface area contributed by atoms with Gasteiger partial charge >= 0.3 is 0 Å². The molecule has 5 heteroatoms. The second-order valence-electron chi connectivity index (χ2n) is 7.04. The first-order valence-corrected chi connectivity index (χ1v) is 8.67. The van der Waals surface area contributed by atoms with Crippen LogP contribution in [0.1, 0.15) is 45.1 Å². The summed E-state index contributed by atoms with van der Waals surface area (Å²) in [6.07, 6.45) is 1.68. The third kappa shape index (κ3) is 6.08. The van der Waals surface area contributed by atoms with E-state index in [4.69, 9.17) is 10.5 Å². The molecule has 0 radical (unpaired) electrons. The summed E-state index contributed by atoms with van der Waals surface area (Å²) in [7, 11) is 0. The average Bonchev–Trinajstić information content (AvgIpc) is 2.89. The Bertz CT molecular complexity index is 495. The van der Waals surface area contributed by atoms with Crippen molar-refractivity contribution in [3.05, 3.63) is 35.9 Å². The predicted octanol–water partition coefficient (Wildman–Crippen LogP) is 3.20. The number of amides is 1. The number of carbonyl (C=O) groups is 1. The number of carbonyl (C=O) groups excluding carboxylic acids is 1. The lowest BCUT2D eigenvalue weighted by Gasteiger charge is -2.18. The molecule has 1 aromatic rings. The maximum absolute atomic E-state index is 12.4. The fourth-order valence-electron chi connectivity index (χ4n) is 3.32. The Morgan fingerprint density at radius 2 is 1.92 bits per heavy atom. The molecule has 1 saturated heterocycles. The summed E-state index contributed by atoms with van der Waals surface area (Å²) < 4.78 is 5.74. The molecule has 4 nitrogen and oxygen atoms in total. The van der Waals surface area contributed by atoms with Crippen molar-refractivity contribution in [3.8, 4) is 0 Å². The quantitative estimate of drug-likeness (QED) is 0.818. The van der Waals surface area contributed by atoms with Crippen LogP contribution in [0, 0.1) is 5.92 Å². The lowest BCUT2D eigenvalue weighted by atomic mass is 9.95. The van der Waals surface area contributed by atoms with E-state index in [9.17, 15) is 4.79 Å². The Morgan fingerprint density at radius 3 is 2.54 bits per heavy atom. The number of hydrogen-bond acceptors (Lipinski definition) is 3. The molecule has 24 heavy (non-hydrogen) atoms. The number of likely N-dealkylation sites (tertiary alicyclic amines) is 1. The van der Waals surface area contributed by atoms with Crippen molar-refractivity contribution in [2.24, 2.45) is 11.7 Å². The molecular formula is C19H31ClN2O2. The van der Waals surface area contributed by atoms with Gasteiger partial charge in [-0.15, -0.1) is 12.4 Å². The molecule has 2 N–H and O–H groups in total. The molecular weight excluding hydrogens is 324 g/mol. The second-order valence-corrected chi connectivity index (χ2v) is 7.04. The van der Waals surface area contributed by atoms with Crippen LogP contribution in [-0.4, -0.2) is 42.6 Å². The minimum atomic E-state index is 0. The molecule has 0 aliphatic carbocycles. The molecule has 1 unspecified atom stereocenters. The summed E-state index contributed by atoms with van der Waals surface area (Å²) in [5.74, 6) is 1.00. The van der Waals surface area contributed by atoms with Gasteiger partial charge in [-0.05, 0) is 24.8 Å². The normalized spacial score (nSPS) is 21.6. The van der Waals surface area contributed by atoms with Gasteiger partial charge in [0.15, 0.2) is 0 Å². The van der Waals surface area contributed by atoms with Crippen LogP contribution in [0.15, 0.2) is 30.3 Å². The molecule has 1 aromatic carbocycles. The summed E-state index contributed by atoms with van der Waals surface area (Å²) >= 11 is 0. The Balaban J connectivity index is 0.00000288. The first-order chi connectivity index (χ1) is 11.0. The van der Waals surface area contributed by atoms with Gasteiger partial charge in [0.1, 0.15) is 0 Å². The number of ether oxygens (including phenoxy) is 1. The van der Waals surface area contributed by atoms with Crippen molar-refractivity contribution >= 4 is 18.3 Å². The van der Waals surface area contributed by atoms with E-state index in [1.165, 1.54) is 5.56 Å². The number of hydrogen-bond donors (Lipinski definition) is 1. The highest BCUT2D eigenvalue weighted by molar-refractivity contribution is 5.85. The zero-order chi connectivity index (χ0) is 16.8. The fourth-order valence-corrected chi connectivity index (χ4v) is 3.32. The minimum Gasteiger partial charge on any atom is -0.378 e. The zero-order valence-electron chi connectivity index (χ0n) is 15.0. The SMILES string of the molecule is CC(C)CC(C)OCCC(=O)N1C[C@@H](N)[C@H](c2ccccc2)C1.Cl. The van der Waals surface area contributed by atoms with Crippen LogP contribution in [0.2, 0.25) is 0 Å². The zero-order valence-corrected chi connectivity index (χ0v) is 15.8. The summed E-state index contributed by atoms with van der Waals surface area (Å²) in [4.78, 5) is 14.2. The number of halogens is 1. The number of benzene rings is 1. The van der Waals surface area contributed by atoms with Crippen LogP contribution >= 0.6 is 12.4 Å². The highest BCUT2D eigenvalue weighted by Crippen LogP contribution is 2.26. The van der Waals surface area contributed by atoms with E-state index in [1.807, 2.05) is 23.1 Å². The Morgan fingerprint density at radius 1 is 1.25 bits per heavy atom. The highest BCUT2D eigenvalue weighted by atomic mass is 35.5. The Hall–Kier alpha value is -1.10. The van der Waals surface area contributed by atoms with E-state index in [0.29, 0.717) is 32.0 Å². The van der Waals surface area contributed by atoms with Crippen LogP contribution in [-0.2, 0) is 9.53 Å². The smallest absolute Gasteiger partial charge is 0.224 e. The topological polar surface area (TPSA) is 55.6 Å². The molecule has 0 saturated carbocycles. The van der Waals surface area contributed by atoms with E-state index in [2.05, 4.69) is 32.9 Å². The van der Waals surface area contributed by atoms with Gasteiger partial charge in [0.25, 0.3) is 0 Å². The summed E-state index contributed by atoms with van der Waals surface area (Å²) in [5.41, 5.74) is 7.47. The molecule has 2 rings (SSSR count). The van der Waals surface area contributed by atoms with Crippen molar-refractivity contribution in [2.75, 3.05) is 19.7 Å². The molecule has 1 amide bonds. The van der Waals surface area contributed by atoms with Crippen molar-refractivity contribution in [1.29, 1.82) is 0 Å². The molecule has 1 fully saturated rings. The lowest BCUT2D eigenvalue weighted by Crippen LogP contribution is -2.32. The van der Waals surface area contributed by atoms with Gasteiger partial charge in [-0.1, -0.05) is 44.2 Å². The van der Waals surface area contributed by atoms with Crippen LogP contribution in [0.4, 0.5) is 0 Å². The highest BCUT2D eigenvalue weighted by Gasteiger charge is 2.33. The molecule has 0 spiro atoms. The minimum absolute atomic E-state index is 0. The van der Waals surface area contributed by atoms with Gasteiger partial charge in [0, 0.05) is 25.0 Å². The van der Waals surface area contributed by atoms with E-state index in [1.54, 1.807) is 0 Å². The van der Waals surface area contributed by atoms with Crippen LogP contribution in [0.25, 0.3) is 0 Å². The van der Waals surface area contributed by atoms with E-state index >= 15 is 0 Å². The second kappa shape index (κ2) is 10.0. The molecule has 1 aliphatic rings. The average molecular weight is 355 g/mol. The molecule has 3 atom stereocenters. The number of nitrogens with zero attached hydrogens (tertiary/aromatic N) is 1. The molecule has 136 valence electrons. The largest absolute Gasteiger partial charge is 0.378 e. The van der Waals surface area contributed by atoms with E-state index < -0.39 is 0 Å². The number of rotatable bonds is 7. The Kier molecular flexibility index (Phi) is 8.74. The standard InChI is InChI=1S/C19H30N2O2.ClH/c1-14(2)11-15(3)23-10-9-19(22)21-12-17(18(20)13-21)16-7-5-4-6-8-16;/h4-8,14-15,17-18H,9-13,20H2,1-3H3;1H/t15?,17-,18+;/m0./s1. The lowest BCUT2D eigenvalue weighted by molar-refractivity contribution is -0.131. The van der Waals surface area contributed by atoms with Crippen LogP contribution in [0.5, 0.6) is 0 Å². The maximum atomic E-state index is 12.4. The first-order valence-electron chi connectivity index (χ1n) is 8.67. The van der Waals surface area contributed by atoms with Gasteiger partial charge in [0.2, 0.25) is 5.91 Å². The van der Waals surface area contributed by atoms with Gasteiger partial charge in [-0.3, -0.25) is 4.79 Å². The molecule has 1 heterocycles. The third-order valence-electron chi connectivity index (χ3n) is 4.47. The predicted molar refractivity (Wildman–Crippen MR) is 100 cm³/mol. The fraction of sp³-hybridized carbons (Fsp3) is 0.632. The third-order valence-corrected chi connectivity index (χ3v) is 4.47. The van der Waals surface area contributed by atoms with Crippen molar-refractivity contribution in [1.82, 2.24) is 4.90 Å². The van der Waals surface area contributed by atoms with E-state index in [0.717, 1.165) is 6.42 Å². The molecule has 1 aliphatic heterocycles. The van der Waals surface area contributed by atoms with Crippen LogP contribution < -0.4 is 5.73 Å². The summed E-state index contributed by atoms with van der Waals surface area (Å²) in [6.45, 7) is 8.28. The maximum Gasteiger partial charge on any atom is 0.224 e. The van der Waals surface area contributed by atoms with Gasteiger partial charge in [-0.2, -0.15) is 0 Å². The first kappa shape index (κ1) is 20.9. The van der Waals surface area contributed by atoms with Crippen molar-refractivity contribution in [2.45, 2.75) is 51.7 Å². The molecule has 0 bridgehead atoms. The Labute approximate surface area is 152 Å². The van der Waals surface area contributed by atoms with Crippen molar-refractivity contribution in [3.63, 3.8) is 0 Å². The van der Waals surface area contributed by atoms with Crippen LogP contribution in [0.3, 0.4) is 0 Å². The van der Waals surface area contributed by atoms with Gasteiger partial charge in [-0.25, -0.2) is 0 Å². The van der Waals surface area contributed by atoms with Gasteiger partial charge < -0.3 is 15.4 Å². The molecule has 0 aromatic heterocycles. The summed E-state index contributed by atoms with van der Waals surface area (Å²) in [6, 6.07) is 10.3. The monoisotopic (exact) mass is 354 g/mol. The van der Waals surface area contributed by atoms with Gasteiger partial charge in [0.05, 0.1) is 19.1 Å². The summed E-state index contributed by atoms with van der Waals surface area (Å²) in [5, 5.41) is 0.